The SMILES string of the molecule is O=C(O)[C@@H](c1c[nH]c2ccc(Br)cc12)N1CCN(Cc2ccccn2)CC1. The number of fused-ring (bicyclic) bond motifs is 1. The molecule has 1 aliphatic rings. The summed E-state index contributed by atoms with van der Waals surface area (Å²) < 4.78 is 0.945. The van der Waals surface area contributed by atoms with Crippen molar-refractivity contribution in [1.29, 1.82) is 0 Å². The van der Waals surface area contributed by atoms with Gasteiger partial charge in [0.05, 0.1) is 5.69 Å². The van der Waals surface area contributed by atoms with Crippen LogP contribution in [0.25, 0.3) is 10.9 Å². The van der Waals surface area contributed by atoms with Crippen LogP contribution in [0.1, 0.15) is 17.3 Å². The lowest BCUT2D eigenvalue weighted by molar-refractivity contribution is -0.144. The molecular formula is C20H21BrN4O2. The fraction of sp³-hybridized carbons (Fsp3) is 0.300. The highest BCUT2D eigenvalue weighted by molar-refractivity contribution is 9.10. The molecule has 1 atom stereocenters. The Morgan fingerprint density at radius 3 is 2.74 bits per heavy atom. The van der Waals surface area contributed by atoms with Gasteiger partial charge in [0, 0.05) is 66.1 Å². The minimum Gasteiger partial charge on any atom is -0.480 e. The number of nitrogens with one attached hydrogen (secondary N) is 1. The number of carboxylic acid groups (broad SMARTS) is 1. The van der Waals surface area contributed by atoms with Gasteiger partial charge in [-0.1, -0.05) is 22.0 Å². The van der Waals surface area contributed by atoms with E-state index in [0.717, 1.165) is 46.3 Å². The van der Waals surface area contributed by atoms with Crippen LogP contribution >= 0.6 is 15.9 Å². The quantitative estimate of drug-likeness (QED) is 0.652. The number of hydrogen-bond donors (Lipinski definition) is 2. The maximum absolute atomic E-state index is 12.1. The second-order valence-corrected chi connectivity index (χ2v) is 7.72. The van der Waals surface area contributed by atoms with E-state index in [2.05, 4.69) is 35.7 Å². The van der Waals surface area contributed by atoms with Crippen LogP contribution in [0.3, 0.4) is 0 Å². The maximum atomic E-state index is 12.1. The van der Waals surface area contributed by atoms with Gasteiger partial charge < -0.3 is 10.1 Å². The van der Waals surface area contributed by atoms with Gasteiger partial charge in [-0.15, -0.1) is 0 Å². The molecule has 3 aromatic rings. The van der Waals surface area contributed by atoms with E-state index in [9.17, 15) is 9.90 Å². The predicted octanol–water partition coefficient (Wildman–Crippen LogP) is 3.27. The molecular weight excluding hydrogens is 408 g/mol. The normalized spacial score (nSPS) is 17.2. The third-order valence-electron chi connectivity index (χ3n) is 5.09. The van der Waals surface area contributed by atoms with Crippen molar-refractivity contribution in [3.8, 4) is 0 Å². The van der Waals surface area contributed by atoms with Crippen LogP contribution in [-0.2, 0) is 11.3 Å². The first-order valence-corrected chi connectivity index (χ1v) is 9.77. The zero-order valence-electron chi connectivity index (χ0n) is 14.8. The first-order valence-electron chi connectivity index (χ1n) is 8.97. The first-order chi connectivity index (χ1) is 13.1. The number of aromatic amines is 1. The van der Waals surface area contributed by atoms with Crippen LogP contribution in [0.5, 0.6) is 0 Å². The van der Waals surface area contributed by atoms with Crippen molar-refractivity contribution in [3.63, 3.8) is 0 Å². The Hall–Kier alpha value is -2.22. The van der Waals surface area contributed by atoms with E-state index in [0.29, 0.717) is 13.1 Å². The third kappa shape index (κ3) is 3.90. The van der Waals surface area contributed by atoms with Crippen molar-refractivity contribution in [2.75, 3.05) is 26.2 Å². The Bertz CT molecular complexity index is 936. The summed E-state index contributed by atoms with van der Waals surface area (Å²) in [4.78, 5) is 24.1. The molecule has 1 fully saturated rings. The number of benzene rings is 1. The van der Waals surface area contributed by atoms with Gasteiger partial charge in [0.1, 0.15) is 6.04 Å². The largest absolute Gasteiger partial charge is 0.480 e. The number of aromatic nitrogens is 2. The molecule has 0 unspecified atom stereocenters. The van der Waals surface area contributed by atoms with Crippen molar-refractivity contribution in [1.82, 2.24) is 19.8 Å². The molecule has 1 aliphatic heterocycles. The standard InChI is InChI=1S/C20H21BrN4O2/c21-14-4-5-18-16(11-14)17(12-23-18)19(20(26)27)25-9-7-24(8-10-25)13-15-3-1-2-6-22-15/h1-6,11-12,19,23H,7-10,13H2,(H,26,27)/t19-/m1/s1. The van der Waals surface area contributed by atoms with Crippen molar-refractivity contribution >= 4 is 32.8 Å². The van der Waals surface area contributed by atoms with Crippen molar-refractivity contribution in [3.05, 3.63) is 64.5 Å². The van der Waals surface area contributed by atoms with Crippen LogP contribution in [0.15, 0.2) is 53.3 Å². The summed E-state index contributed by atoms with van der Waals surface area (Å²) in [5.41, 5.74) is 2.81. The lowest BCUT2D eigenvalue weighted by Crippen LogP contribution is -2.48. The Morgan fingerprint density at radius 1 is 1.22 bits per heavy atom. The van der Waals surface area contributed by atoms with Crippen molar-refractivity contribution < 1.29 is 9.90 Å². The smallest absolute Gasteiger partial charge is 0.325 e. The predicted molar refractivity (Wildman–Crippen MR) is 107 cm³/mol. The Kier molecular flexibility index (Phi) is 5.24. The van der Waals surface area contributed by atoms with E-state index in [1.807, 2.05) is 42.6 Å². The molecule has 140 valence electrons. The number of H-pyrrole nitrogens is 1. The Labute approximate surface area is 165 Å². The third-order valence-corrected chi connectivity index (χ3v) is 5.58. The average molecular weight is 429 g/mol. The molecule has 0 bridgehead atoms. The summed E-state index contributed by atoms with van der Waals surface area (Å²) in [6.07, 6.45) is 3.64. The molecule has 0 saturated carbocycles. The monoisotopic (exact) mass is 428 g/mol. The molecule has 0 aliphatic carbocycles. The number of rotatable bonds is 5. The molecule has 0 amide bonds. The summed E-state index contributed by atoms with van der Waals surface area (Å²) in [6.45, 7) is 3.88. The number of hydrogen-bond acceptors (Lipinski definition) is 4. The molecule has 0 spiro atoms. The van der Waals surface area contributed by atoms with E-state index in [-0.39, 0.29) is 0 Å². The molecule has 1 saturated heterocycles. The Balaban J connectivity index is 1.50. The molecule has 0 radical (unpaired) electrons. The number of nitrogens with zero attached hydrogens (tertiary/aromatic N) is 3. The molecule has 7 heteroatoms. The number of carbonyl (C=O) groups is 1. The second-order valence-electron chi connectivity index (χ2n) is 6.81. The highest BCUT2D eigenvalue weighted by atomic mass is 79.9. The van der Waals surface area contributed by atoms with Gasteiger partial charge in [-0.25, -0.2) is 0 Å². The minimum atomic E-state index is -0.811. The van der Waals surface area contributed by atoms with Crippen LogP contribution < -0.4 is 0 Å². The van der Waals surface area contributed by atoms with Crippen LogP contribution in [-0.4, -0.2) is 57.0 Å². The van der Waals surface area contributed by atoms with E-state index in [1.54, 1.807) is 6.20 Å². The summed E-state index contributed by atoms with van der Waals surface area (Å²) in [6, 6.07) is 11.2. The van der Waals surface area contributed by atoms with Crippen LogP contribution in [0, 0.1) is 0 Å². The van der Waals surface area contributed by atoms with E-state index in [4.69, 9.17) is 0 Å². The second kappa shape index (κ2) is 7.80. The van der Waals surface area contributed by atoms with Crippen LogP contribution in [0.2, 0.25) is 0 Å². The summed E-state index contributed by atoms with van der Waals surface area (Å²) in [5.74, 6) is -0.811. The fourth-order valence-electron chi connectivity index (χ4n) is 3.73. The lowest BCUT2D eigenvalue weighted by atomic mass is 10.0. The molecule has 27 heavy (non-hydrogen) atoms. The highest BCUT2D eigenvalue weighted by Crippen LogP contribution is 2.31. The fourth-order valence-corrected chi connectivity index (χ4v) is 4.09. The molecule has 3 heterocycles. The van der Waals surface area contributed by atoms with E-state index >= 15 is 0 Å². The zero-order valence-corrected chi connectivity index (χ0v) is 16.4. The average Bonchev–Trinajstić information content (AvgIpc) is 3.07. The molecule has 6 nitrogen and oxygen atoms in total. The molecule has 2 N–H and O–H groups in total. The van der Waals surface area contributed by atoms with Gasteiger partial charge in [-0.3, -0.25) is 19.6 Å². The highest BCUT2D eigenvalue weighted by Gasteiger charge is 2.32. The summed E-state index contributed by atoms with van der Waals surface area (Å²) >= 11 is 3.49. The van der Waals surface area contributed by atoms with Gasteiger partial charge in [-0.2, -0.15) is 0 Å². The van der Waals surface area contributed by atoms with E-state index in [1.165, 1.54) is 0 Å². The number of aliphatic carboxylic acids is 1. The number of halogens is 1. The van der Waals surface area contributed by atoms with E-state index < -0.39 is 12.0 Å². The van der Waals surface area contributed by atoms with Crippen LogP contribution in [0.4, 0.5) is 0 Å². The first kappa shape index (κ1) is 18.2. The summed E-state index contributed by atoms with van der Waals surface area (Å²) in [7, 11) is 0. The van der Waals surface area contributed by atoms with Crippen molar-refractivity contribution in [2.24, 2.45) is 0 Å². The maximum Gasteiger partial charge on any atom is 0.325 e. The topological polar surface area (TPSA) is 72.5 Å². The minimum absolute atomic E-state index is 0.648. The number of pyridine rings is 1. The van der Waals surface area contributed by atoms with Gasteiger partial charge in [-0.05, 0) is 30.3 Å². The van der Waals surface area contributed by atoms with Gasteiger partial charge >= 0.3 is 5.97 Å². The van der Waals surface area contributed by atoms with Crippen molar-refractivity contribution in [2.45, 2.75) is 12.6 Å². The van der Waals surface area contributed by atoms with Gasteiger partial charge in [0.15, 0.2) is 0 Å². The van der Waals surface area contributed by atoms with Gasteiger partial charge in [0.2, 0.25) is 0 Å². The molecule has 1 aromatic carbocycles. The molecule has 2 aromatic heterocycles. The number of piperazine rings is 1. The lowest BCUT2D eigenvalue weighted by Gasteiger charge is -2.37. The Morgan fingerprint density at radius 2 is 2.04 bits per heavy atom. The molecule has 4 rings (SSSR count). The zero-order chi connectivity index (χ0) is 18.8. The summed E-state index contributed by atoms with van der Waals surface area (Å²) in [5, 5.41) is 10.9. The number of carboxylic acids is 1. The van der Waals surface area contributed by atoms with Gasteiger partial charge in [0.25, 0.3) is 0 Å².